The summed E-state index contributed by atoms with van der Waals surface area (Å²) in [7, 11) is 1.75. The third-order valence-electron chi connectivity index (χ3n) is 5.73. The van der Waals surface area contributed by atoms with Crippen LogP contribution in [0.5, 0.6) is 11.5 Å². The molecule has 4 rings (SSSR count). The summed E-state index contributed by atoms with van der Waals surface area (Å²) >= 11 is 3.52. The lowest BCUT2D eigenvalue weighted by molar-refractivity contribution is 0.138. The summed E-state index contributed by atoms with van der Waals surface area (Å²) in [5.41, 5.74) is 3.39. The highest BCUT2D eigenvalue weighted by Gasteiger charge is 2.20. The minimum absolute atomic E-state index is 0.0589. The second kappa shape index (κ2) is 10.4. The fourth-order valence-electron chi connectivity index (χ4n) is 3.90. The standard InChI is InChI=1S/C26H28BrN3O3/c1-4-17(13-14-32-5-2)26-28-22-11-10-21(18-9-12-23(31)30(3)16-18)25(24(22)29-26)33-20-8-6-7-19(27)15-20/h6-12,15-17H,4-5,13-14H2,1-3H3,(H,28,29). The van der Waals surface area contributed by atoms with Crippen LogP contribution in [0, 0.1) is 0 Å². The fraction of sp³-hybridized carbons (Fsp3) is 0.308. The minimum Gasteiger partial charge on any atom is -0.454 e. The lowest BCUT2D eigenvalue weighted by atomic mass is 10.0. The van der Waals surface area contributed by atoms with Gasteiger partial charge >= 0.3 is 0 Å². The third-order valence-corrected chi connectivity index (χ3v) is 6.23. The van der Waals surface area contributed by atoms with Gasteiger partial charge in [0, 0.05) is 54.0 Å². The maximum absolute atomic E-state index is 11.9. The second-order valence-electron chi connectivity index (χ2n) is 7.98. The highest BCUT2D eigenvalue weighted by molar-refractivity contribution is 9.10. The van der Waals surface area contributed by atoms with Crippen LogP contribution in [0.1, 0.15) is 38.4 Å². The third kappa shape index (κ3) is 5.20. The van der Waals surface area contributed by atoms with Gasteiger partial charge < -0.3 is 19.0 Å². The quantitative estimate of drug-likeness (QED) is 0.265. The topological polar surface area (TPSA) is 69.1 Å². The highest BCUT2D eigenvalue weighted by Crippen LogP contribution is 2.40. The van der Waals surface area contributed by atoms with Crippen LogP contribution in [-0.4, -0.2) is 27.7 Å². The smallest absolute Gasteiger partial charge is 0.250 e. The van der Waals surface area contributed by atoms with Crippen molar-refractivity contribution < 1.29 is 9.47 Å². The Labute approximate surface area is 201 Å². The van der Waals surface area contributed by atoms with Gasteiger partial charge in [0.1, 0.15) is 17.1 Å². The van der Waals surface area contributed by atoms with Gasteiger partial charge in [-0.3, -0.25) is 4.79 Å². The molecular formula is C26H28BrN3O3. The van der Waals surface area contributed by atoms with E-state index in [0.717, 1.165) is 45.3 Å². The predicted octanol–water partition coefficient (Wildman–Crippen LogP) is 6.40. The predicted molar refractivity (Wildman–Crippen MR) is 135 cm³/mol. The molecule has 1 N–H and O–H groups in total. The fourth-order valence-corrected chi connectivity index (χ4v) is 4.28. The Morgan fingerprint density at radius 1 is 1.15 bits per heavy atom. The van der Waals surface area contributed by atoms with Crippen LogP contribution < -0.4 is 10.3 Å². The minimum atomic E-state index is -0.0589. The molecule has 33 heavy (non-hydrogen) atoms. The molecule has 2 aromatic heterocycles. The molecule has 1 unspecified atom stereocenters. The summed E-state index contributed by atoms with van der Waals surface area (Å²) in [6.07, 6.45) is 3.68. The van der Waals surface area contributed by atoms with Gasteiger partial charge in [0.25, 0.3) is 0 Å². The zero-order valence-electron chi connectivity index (χ0n) is 19.1. The van der Waals surface area contributed by atoms with E-state index in [0.29, 0.717) is 24.7 Å². The van der Waals surface area contributed by atoms with E-state index in [1.165, 1.54) is 0 Å². The number of fused-ring (bicyclic) bond motifs is 1. The number of nitrogens with zero attached hydrogens (tertiary/aromatic N) is 2. The summed E-state index contributed by atoms with van der Waals surface area (Å²) in [5, 5.41) is 0. The normalized spacial score (nSPS) is 12.2. The Morgan fingerprint density at radius 2 is 2.00 bits per heavy atom. The molecule has 0 aliphatic heterocycles. The van der Waals surface area contributed by atoms with Crippen LogP contribution in [0.2, 0.25) is 0 Å². The van der Waals surface area contributed by atoms with Crippen molar-refractivity contribution in [2.75, 3.05) is 13.2 Å². The van der Waals surface area contributed by atoms with Gasteiger partial charge in [0.15, 0.2) is 5.75 Å². The molecule has 0 saturated heterocycles. The van der Waals surface area contributed by atoms with E-state index in [9.17, 15) is 4.79 Å². The van der Waals surface area contributed by atoms with Gasteiger partial charge in [0.05, 0.1) is 5.52 Å². The molecule has 0 saturated carbocycles. The first-order valence-corrected chi connectivity index (χ1v) is 12.0. The number of aryl methyl sites for hydroxylation is 1. The number of imidazole rings is 1. The summed E-state index contributed by atoms with van der Waals surface area (Å²) in [6, 6.07) is 15.2. The van der Waals surface area contributed by atoms with Crippen molar-refractivity contribution in [2.24, 2.45) is 7.05 Å². The van der Waals surface area contributed by atoms with E-state index in [1.807, 2.05) is 55.6 Å². The Morgan fingerprint density at radius 3 is 2.73 bits per heavy atom. The molecular weight excluding hydrogens is 482 g/mol. The maximum Gasteiger partial charge on any atom is 0.250 e. The van der Waals surface area contributed by atoms with Crippen molar-refractivity contribution in [3.05, 3.63) is 75.4 Å². The molecule has 0 aliphatic carbocycles. The average Bonchev–Trinajstić information content (AvgIpc) is 3.23. The van der Waals surface area contributed by atoms with Crippen molar-refractivity contribution in [1.29, 1.82) is 0 Å². The van der Waals surface area contributed by atoms with Gasteiger partial charge in [-0.05, 0) is 56.2 Å². The molecule has 2 heterocycles. The van der Waals surface area contributed by atoms with Crippen LogP contribution in [0.3, 0.4) is 0 Å². The number of H-pyrrole nitrogens is 1. The monoisotopic (exact) mass is 509 g/mol. The van der Waals surface area contributed by atoms with E-state index in [2.05, 4.69) is 27.8 Å². The number of benzene rings is 2. The molecule has 172 valence electrons. The molecule has 0 amide bonds. The zero-order chi connectivity index (χ0) is 23.4. The van der Waals surface area contributed by atoms with Gasteiger partial charge in [-0.1, -0.05) is 28.9 Å². The Bertz CT molecular complexity index is 1310. The van der Waals surface area contributed by atoms with Crippen molar-refractivity contribution >= 4 is 27.0 Å². The van der Waals surface area contributed by atoms with Gasteiger partial charge in [0.2, 0.25) is 5.56 Å². The first-order chi connectivity index (χ1) is 16.0. The molecule has 0 fully saturated rings. The van der Waals surface area contributed by atoms with Crippen LogP contribution in [0.4, 0.5) is 0 Å². The molecule has 2 aromatic carbocycles. The van der Waals surface area contributed by atoms with Crippen molar-refractivity contribution in [3.8, 4) is 22.6 Å². The molecule has 1 atom stereocenters. The number of nitrogens with one attached hydrogen (secondary N) is 1. The van der Waals surface area contributed by atoms with E-state index < -0.39 is 0 Å². The Kier molecular flexibility index (Phi) is 7.30. The van der Waals surface area contributed by atoms with Crippen LogP contribution in [-0.2, 0) is 11.8 Å². The number of aromatic nitrogens is 3. The Balaban J connectivity index is 1.84. The Hall–Kier alpha value is -2.90. The maximum atomic E-state index is 11.9. The van der Waals surface area contributed by atoms with Crippen molar-refractivity contribution in [3.63, 3.8) is 0 Å². The molecule has 7 heteroatoms. The SMILES string of the molecule is CCOCCC(CC)c1nc2c(Oc3cccc(Br)c3)c(-c3ccc(=O)n(C)c3)ccc2[nH]1. The van der Waals surface area contributed by atoms with E-state index in [4.69, 9.17) is 14.5 Å². The number of pyridine rings is 1. The highest BCUT2D eigenvalue weighted by atomic mass is 79.9. The van der Waals surface area contributed by atoms with E-state index >= 15 is 0 Å². The van der Waals surface area contributed by atoms with Crippen LogP contribution >= 0.6 is 15.9 Å². The lowest BCUT2D eigenvalue weighted by Crippen LogP contribution is -2.14. The van der Waals surface area contributed by atoms with Gasteiger partial charge in [-0.2, -0.15) is 0 Å². The molecule has 0 aliphatic rings. The van der Waals surface area contributed by atoms with Crippen molar-refractivity contribution in [1.82, 2.24) is 14.5 Å². The summed E-state index contributed by atoms with van der Waals surface area (Å²) in [4.78, 5) is 20.4. The van der Waals surface area contributed by atoms with Crippen LogP contribution in [0.25, 0.3) is 22.2 Å². The number of hydrogen-bond acceptors (Lipinski definition) is 4. The van der Waals surface area contributed by atoms with Crippen molar-refractivity contribution in [2.45, 2.75) is 32.6 Å². The second-order valence-corrected chi connectivity index (χ2v) is 8.89. The van der Waals surface area contributed by atoms with E-state index in [-0.39, 0.29) is 11.5 Å². The summed E-state index contributed by atoms with van der Waals surface area (Å²) < 4.78 is 14.5. The number of rotatable bonds is 9. The molecule has 6 nitrogen and oxygen atoms in total. The number of aromatic amines is 1. The van der Waals surface area contributed by atoms with Crippen LogP contribution in [0.15, 0.2) is 64.0 Å². The molecule has 4 aromatic rings. The summed E-state index contributed by atoms with van der Waals surface area (Å²) in [6.45, 7) is 5.59. The number of hydrogen-bond donors (Lipinski definition) is 1. The van der Waals surface area contributed by atoms with Gasteiger partial charge in [-0.15, -0.1) is 0 Å². The molecule has 0 radical (unpaired) electrons. The average molecular weight is 510 g/mol. The first kappa shape index (κ1) is 23.3. The largest absolute Gasteiger partial charge is 0.454 e. The first-order valence-electron chi connectivity index (χ1n) is 11.2. The molecule has 0 bridgehead atoms. The zero-order valence-corrected chi connectivity index (χ0v) is 20.7. The lowest BCUT2D eigenvalue weighted by Gasteiger charge is -2.13. The van der Waals surface area contributed by atoms with Gasteiger partial charge in [-0.25, -0.2) is 4.98 Å². The number of halogens is 1. The molecule has 0 spiro atoms. The number of ether oxygens (including phenoxy) is 2. The summed E-state index contributed by atoms with van der Waals surface area (Å²) in [5.74, 6) is 2.56. The van der Waals surface area contributed by atoms with E-state index in [1.54, 1.807) is 17.7 Å².